The molecule has 0 bridgehead atoms. The molecule has 0 aromatic carbocycles. The number of carbonyl (C=O) groups is 2. The number of sulfonamides is 1. The number of carbonyl (C=O) groups excluding carboxylic acids is 2. The predicted octanol–water partition coefficient (Wildman–Crippen LogP) is 1.11. The Balaban J connectivity index is 1.94. The molecule has 0 saturated carbocycles. The summed E-state index contributed by atoms with van der Waals surface area (Å²) < 4.78 is 34.3. The minimum atomic E-state index is -3.91. The van der Waals surface area contributed by atoms with E-state index in [-0.39, 0.29) is 35.3 Å². The van der Waals surface area contributed by atoms with E-state index in [2.05, 4.69) is 10.3 Å². The maximum atomic E-state index is 13.5. The van der Waals surface area contributed by atoms with Crippen LogP contribution in [0.1, 0.15) is 32.1 Å². The molecule has 1 saturated heterocycles. The largest absolute Gasteiger partial charge is 0.465 e. The van der Waals surface area contributed by atoms with Gasteiger partial charge in [0.05, 0.1) is 18.3 Å². The molecule has 12 heteroatoms. The normalized spacial score (nSPS) is 19.8. The van der Waals surface area contributed by atoms with Crippen molar-refractivity contribution in [1.29, 1.82) is 0 Å². The van der Waals surface area contributed by atoms with E-state index in [0.29, 0.717) is 22.8 Å². The molecule has 0 radical (unpaired) electrons. The number of nitrogens with zero attached hydrogens (tertiary/aromatic N) is 3. The van der Waals surface area contributed by atoms with Gasteiger partial charge in [-0.3, -0.25) is 19.0 Å². The van der Waals surface area contributed by atoms with Crippen molar-refractivity contribution in [2.24, 2.45) is 11.8 Å². The van der Waals surface area contributed by atoms with Gasteiger partial charge in [-0.2, -0.15) is 4.31 Å². The maximum absolute atomic E-state index is 13.5. The van der Waals surface area contributed by atoms with Crippen LogP contribution in [0.15, 0.2) is 16.0 Å². The number of esters is 1. The summed E-state index contributed by atoms with van der Waals surface area (Å²) >= 11 is 1.14. The monoisotopic (exact) mass is 484 g/mol. The second-order valence-corrected chi connectivity index (χ2v) is 11.3. The molecule has 0 unspecified atom stereocenters. The smallest absolute Gasteiger partial charge is 0.325 e. The molecule has 2 aromatic rings. The number of rotatable bonds is 7. The molecule has 3 rings (SSSR count). The van der Waals surface area contributed by atoms with E-state index < -0.39 is 34.0 Å². The number of hydrogen-bond donors (Lipinski definition) is 1. The molecule has 1 aliphatic heterocycles. The summed E-state index contributed by atoms with van der Waals surface area (Å²) in [7, 11) is -3.91. The fourth-order valence-corrected chi connectivity index (χ4v) is 7.41. The second-order valence-electron chi connectivity index (χ2n) is 8.19. The lowest BCUT2D eigenvalue weighted by Gasteiger charge is -2.34. The molecule has 0 aliphatic carbocycles. The average molecular weight is 485 g/mol. The van der Waals surface area contributed by atoms with E-state index >= 15 is 0 Å². The van der Waals surface area contributed by atoms with Crippen molar-refractivity contribution in [1.82, 2.24) is 19.2 Å². The Morgan fingerprint density at radius 1 is 1.28 bits per heavy atom. The number of fused-ring (bicyclic) bond motifs is 1. The lowest BCUT2D eigenvalue weighted by Crippen LogP contribution is -2.43. The van der Waals surface area contributed by atoms with Gasteiger partial charge in [0.15, 0.2) is 0 Å². The van der Waals surface area contributed by atoms with Gasteiger partial charge in [-0.05, 0) is 32.1 Å². The Kier molecular flexibility index (Phi) is 7.36. The summed E-state index contributed by atoms with van der Waals surface area (Å²) in [6.45, 7) is 7.61. The van der Waals surface area contributed by atoms with Gasteiger partial charge in [0, 0.05) is 18.0 Å². The molecule has 2 aromatic heterocycles. The first-order valence-electron chi connectivity index (χ1n) is 10.5. The minimum absolute atomic E-state index is 0.000859. The quantitative estimate of drug-likeness (QED) is 0.583. The third-order valence-corrected chi connectivity index (χ3v) is 8.43. The number of nitrogens with one attached hydrogen (secondary N) is 1. The molecule has 1 aliphatic rings. The van der Waals surface area contributed by atoms with Crippen molar-refractivity contribution in [2.45, 2.75) is 45.6 Å². The van der Waals surface area contributed by atoms with Crippen molar-refractivity contribution < 1.29 is 22.7 Å². The molecule has 0 spiro atoms. The van der Waals surface area contributed by atoms with Crippen molar-refractivity contribution >= 4 is 43.5 Å². The summed E-state index contributed by atoms with van der Waals surface area (Å²) in [5, 5.41) is 2.38. The first kappa shape index (κ1) is 24.3. The van der Waals surface area contributed by atoms with Crippen LogP contribution in [0.2, 0.25) is 0 Å². The Bertz CT molecular complexity index is 1180. The molecule has 1 fully saturated rings. The number of aromatic nitrogens is 2. The van der Waals surface area contributed by atoms with Crippen molar-refractivity contribution in [3.05, 3.63) is 21.6 Å². The van der Waals surface area contributed by atoms with Crippen LogP contribution in [0.3, 0.4) is 0 Å². The van der Waals surface area contributed by atoms with Gasteiger partial charge < -0.3 is 10.1 Å². The van der Waals surface area contributed by atoms with Crippen LogP contribution < -0.4 is 10.9 Å². The highest BCUT2D eigenvalue weighted by atomic mass is 32.2. The van der Waals surface area contributed by atoms with Crippen LogP contribution in [0.25, 0.3) is 10.2 Å². The Labute approximate surface area is 190 Å². The number of hydrogen-bond acceptors (Lipinski definition) is 8. The fraction of sp³-hybridized carbons (Fsp3) is 0.600. The van der Waals surface area contributed by atoms with E-state index in [1.165, 1.54) is 10.6 Å². The molecule has 32 heavy (non-hydrogen) atoms. The summed E-state index contributed by atoms with van der Waals surface area (Å²) in [5.41, 5.74) is -0.609. The third-order valence-electron chi connectivity index (χ3n) is 5.28. The van der Waals surface area contributed by atoms with E-state index in [1.54, 1.807) is 13.8 Å². The molecule has 2 atom stereocenters. The van der Waals surface area contributed by atoms with Crippen LogP contribution in [0, 0.1) is 18.8 Å². The van der Waals surface area contributed by atoms with Crippen molar-refractivity contribution in [3.8, 4) is 0 Å². The number of ether oxygens (including phenoxy) is 1. The van der Waals surface area contributed by atoms with Crippen molar-refractivity contribution in [3.63, 3.8) is 0 Å². The zero-order chi connectivity index (χ0) is 23.6. The van der Waals surface area contributed by atoms with Crippen LogP contribution in [-0.4, -0.2) is 60.4 Å². The molecule has 10 nitrogen and oxygen atoms in total. The number of amides is 1. The van der Waals surface area contributed by atoms with E-state index in [0.717, 1.165) is 22.3 Å². The maximum Gasteiger partial charge on any atom is 0.325 e. The third kappa shape index (κ3) is 5.02. The minimum Gasteiger partial charge on any atom is -0.465 e. The lowest BCUT2D eigenvalue weighted by molar-refractivity contribution is -0.143. The highest BCUT2D eigenvalue weighted by Crippen LogP contribution is 2.35. The molecule has 1 amide bonds. The van der Waals surface area contributed by atoms with Gasteiger partial charge in [-0.25, -0.2) is 13.4 Å². The fourth-order valence-electron chi connectivity index (χ4n) is 4.06. The van der Waals surface area contributed by atoms with E-state index in [1.807, 2.05) is 13.8 Å². The number of piperidine rings is 1. The zero-order valence-electron chi connectivity index (χ0n) is 18.6. The molecule has 176 valence electrons. The standard InChI is InChI=1S/C20H28N4O6S2/c1-5-30-16(26)7-21-15(25)10-23-11-22-19-17(20(23)27)18(14(4)31-19)32(28,29)24-8-12(2)6-13(3)9-24/h11-13H,5-10H2,1-4H3,(H,21,25)/t12-,13-/m0/s1. The summed E-state index contributed by atoms with van der Waals surface area (Å²) in [5.74, 6) is -0.738. The summed E-state index contributed by atoms with van der Waals surface area (Å²) in [4.78, 5) is 41.8. The SMILES string of the molecule is CCOC(=O)CNC(=O)Cn1cnc2sc(C)c(S(=O)(=O)N3C[C@@H](C)C[C@H](C)C3)c2c1=O. The highest BCUT2D eigenvalue weighted by molar-refractivity contribution is 7.89. The highest BCUT2D eigenvalue weighted by Gasteiger charge is 2.35. The summed E-state index contributed by atoms with van der Waals surface area (Å²) in [6.07, 6.45) is 2.16. The number of aryl methyl sites for hydroxylation is 1. The Morgan fingerprint density at radius 2 is 1.94 bits per heavy atom. The van der Waals surface area contributed by atoms with Gasteiger partial charge in [0.1, 0.15) is 22.8 Å². The first-order valence-corrected chi connectivity index (χ1v) is 12.7. The van der Waals surface area contributed by atoms with Crippen LogP contribution in [0.4, 0.5) is 0 Å². The van der Waals surface area contributed by atoms with Gasteiger partial charge in [0.2, 0.25) is 15.9 Å². The lowest BCUT2D eigenvalue weighted by atomic mass is 9.94. The Morgan fingerprint density at radius 3 is 2.56 bits per heavy atom. The van der Waals surface area contributed by atoms with Gasteiger partial charge >= 0.3 is 5.97 Å². The molecule has 3 heterocycles. The second kappa shape index (κ2) is 9.67. The van der Waals surface area contributed by atoms with Gasteiger partial charge in [-0.15, -0.1) is 11.3 Å². The van der Waals surface area contributed by atoms with Gasteiger partial charge in [0.25, 0.3) is 5.56 Å². The molecular weight excluding hydrogens is 456 g/mol. The predicted molar refractivity (Wildman–Crippen MR) is 120 cm³/mol. The first-order chi connectivity index (χ1) is 15.0. The average Bonchev–Trinajstić information content (AvgIpc) is 3.05. The zero-order valence-corrected chi connectivity index (χ0v) is 20.2. The Hall–Kier alpha value is -2.31. The van der Waals surface area contributed by atoms with Crippen LogP contribution in [-0.2, 0) is 30.9 Å². The van der Waals surface area contributed by atoms with Gasteiger partial charge in [-0.1, -0.05) is 13.8 Å². The topological polar surface area (TPSA) is 128 Å². The molecule has 1 N–H and O–H groups in total. The van der Waals surface area contributed by atoms with E-state index in [4.69, 9.17) is 4.74 Å². The summed E-state index contributed by atoms with van der Waals surface area (Å²) in [6, 6.07) is 0. The molecular formula is C20H28N4O6S2. The van der Waals surface area contributed by atoms with Crippen molar-refractivity contribution in [2.75, 3.05) is 26.2 Å². The van der Waals surface area contributed by atoms with E-state index in [9.17, 15) is 22.8 Å². The number of thiophene rings is 1. The van der Waals surface area contributed by atoms with Crippen LogP contribution in [0.5, 0.6) is 0 Å². The van der Waals surface area contributed by atoms with Crippen LogP contribution >= 0.6 is 11.3 Å².